The molecule has 7 nitrogen and oxygen atoms in total. The fourth-order valence-corrected chi connectivity index (χ4v) is 2.49. The monoisotopic (exact) mass is 277 g/mol. The summed E-state index contributed by atoms with van der Waals surface area (Å²) in [5.41, 5.74) is 2.08. The Labute approximate surface area is 114 Å². The van der Waals surface area contributed by atoms with Gasteiger partial charge in [0, 0.05) is 19.8 Å². The van der Waals surface area contributed by atoms with Gasteiger partial charge in [-0.15, -0.1) is 0 Å². The number of aliphatic hydroxyl groups is 1. The second-order valence-electron chi connectivity index (χ2n) is 4.87. The van der Waals surface area contributed by atoms with E-state index in [9.17, 15) is 9.59 Å². The number of rotatable bonds is 2. The maximum absolute atomic E-state index is 11.9. The number of anilines is 1. The third kappa shape index (κ3) is 1.70. The van der Waals surface area contributed by atoms with Crippen LogP contribution in [0.4, 0.5) is 10.5 Å². The molecular formula is C13H15N3O4. The van der Waals surface area contributed by atoms with Crippen LogP contribution in [0.1, 0.15) is 0 Å². The van der Waals surface area contributed by atoms with Crippen LogP contribution in [-0.4, -0.2) is 39.6 Å². The van der Waals surface area contributed by atoms with Gasteiger partial charge in [-0.2, -0.15) is 0 Å². The summed E-state index contributed by atoms with van der Waals surface area (Å²) in [6.07, 6.45) is -0.984. The van der Waals surface area contributed by atoms with E-state index in [0.29, 0.717) is 12.2 Å². The van der Waals surface area contributed by atoms with Gasteiger partial charge in [-0.05, 0) is 18.2 Å². The molecule has 0 bridgehead atoms. The molecule has 0 radical (unpaired) electrons. The number of cyclic esters (lactones) is 1. The maximum atomic E-state index is 11.9. The van der Waals surface area contributed by atoms with Crippen LogP contribution in [0.3, 0.4) is 0 Å². The van der Waals surface area contributed by atoms with E-state index in [1.165, 1.54) is 9.47 Å². The van der Waals surface area contributed by atoms with E-state index in [1.54, 1.807) is 36.9 Å². The van der Waals surface area contributed by atoms with Gasteiger partial charge < -0.3 is 9.84 Å². The van der Waals surface area contributed by atoms with Gasteiger partial charge >= 0.3 is 11.8 Å². The molecule has 1 N–H and O–H groups in total. The van der Waals surface area contributed by atoms with Crippen molar-refractivity contribution in [3.8, 4) is 0 Å². The number of benzene rings is 1. The number of hydrogen-bond acceptors (Lipinski definition) is 4. The van der Waals surface area contributed by atoms with Crippen molar-refractivity contribution in [1.82, 2.24) is 9.13 Å². The Morgan fingerprint density at radius 3 is 2.60 bits per heavy atom. The standard InChI is InChI=1S/C13H15N3O4/c1-14-10-4-3-8(5-11(10)15(2)12(14)18)16-6-9(7-17)20-13(16)19/h3-5,9,17H,6-7H2,1-2H3/t9-/m1/s1. The summed E-state index contributed by atoms with van der Waals surface area (Å²) >= 11 is 0. The minimum atomic E-state index is -0.502. The number of aryl methyl sites for hydroxylation is 2. The van der Waals surface area contributed by atoms with Crippen molar-refractivity contribution in [1.29, 1.82) is 0 Å². The molecule has 106 valence electrons. The second kappa shape index (κ2) is 4.38. The van der Waals surface area contributed by atoms with Crippen LogP contribution in [0.25, 0.3) is 11.0 Å². The van der Waals surface area contributed by atoms with Crippen LogP contribution in [0.2, 0.25) is 0 Å². The van der Waals surface area contributed by atoms with Crippen LogP contribution in [0, 0.1) is 0 Å². The molecule has 1 fully saturated rings. The van der Waals surface area contributed by atoms with Gasteiger partial charge in [0.05, 0.1) is 24.2 Å². The first-order valence-electron chi connectivity index (χ1n) is 6.27. The largest absolute Gasteiger partial charge is 0.441 e. The van der Waals surface area contributed by atoms with Gasteiger partial charge in [-0.25, -0.2) is 9.59 Å². The summed E-state index contributed by atoms with van der Waals surface area (Å²) in [5.74, 6) is 0. The SMILES string of the molecule is Cn1c(=O)n(C)c2cc(N3C[C@H](CO)OC3=O)ccc21. The van der Waals surface area contributed by atoms with Crippen molar-refractivity contribution in [2.24, 2.45) is 14.1 Å². The highest BCUT2D eigenvalue weighted by atomic mass is 16.6. The predicted octanol–water partition coefficient (Wildman–Crippen LogP) is 0.194. The molecule has 0 aliphatic carbocycles. The van der Waals surface area contributed by atoms with Crippen LogP contribution in [0.15, 0.2) is 23.0 Å². The molecule has 0 spiro atoms. The summed E-state index contributed by atoms with van der Waals surface area (Å²) in [5, 5.41) is 9.05. The first kappa shape index (κ1) is 12.7. The van der Waals surface area contributed by atoms with Gasteiger partial charge in [-0.1, -0.05) is 0 Å². The Kier molecular flexibility index (Phi) is 2.79. The van der Waals surface area contributed by atoms with Crippen LogP contribution < -0.4 is 10.6 Å². The molecule has 2 aromatic rings. The normalized spacial score (nSPS) is 18.9. The van der Waals surface area contributed by atoms with Crippen molar-refractivity contribution >= 4 is 22.8 Å². The third-order valence-corrected chi connectivity index (χ3v) is 3.64. The number of amides is 1. The van der Waals surface area contributed by atoms with E-state index >= 15 is 0 Å². The smallest absolute Gasteiger partial charge is 0.414 e. The number of ether oxygens (including phenoxy) is 1. The molecule has 0 saturated carbocycles. The maximum Gasteiger partial charge on any atom is 0.414 e. The highest BCUT2D eigenvalue weighted by Gasteiger charge is 2.32. The first-order valence-corrected chi connectivity index (χ1v) is 6.27. The lowest BCUT2D eigenvalue weighted by atomic mass is 10.2. The fraction of sp³-hybridized carbons (Fsp3) is 0.385. The highest BCUT2D eigenvalue weighted by Crippen LogP contribution is 2.25. The predicted molar refractivity (Wildman–Crippen MR) is 72.9 cm³/mol. The Morgan fingerprint density at radius 1 is 1.25 bits per heavy atom. The Morgan fingerprint density at radius 2 is 1.95 bits per heavy atom. The van der Waals surface area contributed by atoms with Crippen LogP contribution >= 0.6 is 0 Å². The first-order chi connectivity index (χ1) is 9.52. The summed E-state index contributed by atoms with van der Waals surface area (Å²) in [4.78, 5) is 25.1. The zero-order valence-electron chi connectivity index (χ0n) is 11.2. The summed E-state index contributed by atoms with van der Waals surface area (Å²) < 4.78 is 8.10. The number of carbonyl (C=O) groups excluding carboxylic acids is 1. The molecule has 1 aliphatic rings. The lowest BCUT2D eigenvalue weighted by molar-refractivity contribution is 0.0963. The molecule has 1 amide bonds. The molecule has 0 unspecified atom stereocenters. The number of nitrogens with zero attached hydrogens (tertiary/aromatic N) is 3. The van der Waals surface area contributed by atoms with E-state index < -0.39 is 12.2 Å². The van der Waals surface area contributed by atoms with Gasteiger partial charge in [-0.3, -0.25) is 14.0 Å². The lowest BCUT2D eigenvalue weighted by Gasteiger charge is -2.13. The molecule has 1 aromatic heterocycles. The van der Waals surface area contributed by atoms with Crippen molar-refractivity contribution < 1.29 is 14.6 Å². The Hall–Kier alpha value is -2.28. The lowest BCUT2D eigenvalue weighted by Crippen LogP contribution is -2.25. The van der Waals surface area contributed by atoms with Crippen LogP contribution in [0.5, 0.6) is 0 Å². The summed E-state index contributed by atoms with van der Waals surface area (Å²) in [6.45, 7) is 0.107. The number of aromatic nitrogens is 2. The van der Waals surface area contributed by atoms with E-state index in [1.807, 2.05) is 0 Å². The Balaban J connectivity index is 2.08. The quantitative estimate of drug-likeness (QED) is 0.850. The van der Waals surface area contributed by atoms with Crippen LogP contribution in [-0.2, 0) is 18.8 Å². The summed E-state index contributed by atoms with van der Waals surface area (Å²) in [6, 6.07) is 5.34. The summed E-state index contributed by atoms with van der Waals surface area (Å²) in [7, 11) is 3.39. The van der Waals surface area contributed by atoms with Crippen molar-refractivity contribution in [2.75, 3.05) is 18.1 Å². The number of hydrogen-bond donors (Lipinski definition) is 1. The highest BCUT2D eigenvalue weighted by molar-refractivity contribution is 5.92. The zero-order chi connectivity index (χ0) is 14.4. The topological polar surface area (TPSA) is 76.7 Å². The molecule has 20 heavy (non-hydrogen) atoms. The molecule has 1 atom stereocenters. The number of fused-ring (bicyclic) bond motifs is 1. The average molecular weight is 277 g/mol. The molecule has 2 heterocycles. The average Bonchev–Trinajstić information content (AvgIpc) is 2.93. The fourth-order valence-electron chi connectivity index (χ4n) is 2.49. The van der Waals surface area contributed by atoms with E-state index in [0.717, 1.165) is 11.0 Å². The Bertz CT molecular complexity index is 746. The van der Waals surface area contributed by atoms with Gasteiger partial charge in [0.2, 0.25) is 0 Å². The number of carbonyl (C=O) groups is 1. The molecule has 3 rings (SSSR count). The molecule has 1 aromatic carbocycles. The minimum Gasteiger partial charge on any atom is -0.441 e. The molecule has 7 heteroatoms. The van der Waals surface area contributed by atoms with Crippen molar-refractivity contribution in [3.63, 3.8) is 0 Å². The van der Waals surface area contributed by atoms with Gasteiger partial charge in [0.25, 0.3) is 0 Å². The van der Waals surface area contributed by atoms with E-state index in [4.69, 9.17) is 9.84 Å². The molecule has 1 saturated heterocycles. The van der Waals surface area contributed by atoms with E-state index in [-0.39, 0.29) is 12.3 Å². The second-order valence-corrected chi connectivity index (χ2v) is 4.87. The number of aliphatic hydroxyl groups excluding tert-OH is 1. The van der Waals surface area contributed by atoms with Crippen molar-refractivity contribution in [3.05, 3.63) is 28.7 Å². The molecule has 1 aliphatic heterocycles. The zero-order valence-corrected chi connectivity index (χ0v) is 11.2. The van der Waals surface area contributed by atoms with Gasteiger partial charge in [0.1, 0.15) is 6.10 Å². The minimum absolute atomic E-state index is 0.116. The van der Waals surface area contributed by atoms with Gasteiger partial charge in [0.15, 0.2) is 0 Å². The van der Waals surface area contributed by atoms with E-state index in [2.05, 4.69) is 0 Å². The third-order valence-electron chi connectivity index (χ3n) is 3.64. The van der Waals surface area contributed by atoms with Crippen molar-refractivity contribution in [2.45, 2.75) is 6.10 Å². The molecular weight excluding hydrogens is 262 g/mol. The number of imidazole rings is 1.